The van der Waals surface area contributed by atoms with E-state index in [0.29, 0.717) is 52.7 Å². The summed E-state index contributed by atoms with van der Waals surface area (Å²) < 4.78 is 37.7. The number of hydrogen-bond donors (Lipinski definition) is 1. The third kappa shape index (κ3) is 7.91. The van der Waals surface area contributed by atoms with Crippen LogP contribution in [0.25, 0.3) is 0 Å². The predicted octanol–water partition coefficient (Wildman–Crippen LogP) is 2.98. The highest BCUT2D eigenvalue weighted by Crippen LogP contribution is 2.30. The van der Waals surface area contributed by atoms with Crippen LogP contribution in [0, 0.1) is 0 Å². The Kier molecular flexibility index (Phi) is 16.8. The Balaban J connectivity index is 6.48. The van der Waals surface area contributed by atoms with Crippen LogP contribution in [-0.2, 0) is 26.6 Å². The Hall–Kier alpha value is 0.114. The molecule has 0 aliphatic carbocycles. The van der Waals surface area contributed by atoms with Crippen molar-refractivity contribution in [3.8, 4) is 0 Å². The van der Waals surface area contributed by atoms with Crippen LogP contribution in [0.4, 0.5) is 0 Å². The summed E-state index contributed by atoms with van der Waals surface area (Å²) in [6, 6.07) is 0. The first-order valence-corrected chi connectivity index (χ1v) is 15.4. The standard InChI is InChI=1S/C20H48N2O6Si2/c1-9-19(29(23-11-3,24-12-4)25-13-5)22(18-17-21)20(10-2)30(26-14-6,27-15-7)28-16-8/h19-20H,9-18,21H2,1-8H3. The third-order valence-corrected chi connectivity index (χ3v) is 12.1. The molecule has 0 heterocycles. The minimum absolute atomic E-state index is 0.0703. The second-order valence-electron chi connectivity index (χ2n) is 6.68. The SMILES string of the molecule is CCO[Si](OCC)(OCC)C(CC)N(CCN)C(CC)[Si](OCC)(OCC)OCC. The maximum Gasteiger partial charge on any atom is 0.519 e. The Morgan fingerprint density at radius 1 is 0.567 bits per heavy atom. The average Bonchev–Trinajstić information content (AvgIpc) is 2.70. The molecule has 2 unspecified atom stereocenters. The average molecular weight is 469 g/mol. The van der Waals surface area contributed by atoms with Gasteiger partial charge >= 0.3 is 17.6 Å². The molecule has 0 fully saturated rings. The first-order chi connectivity index (χ1) is 14.5. The van der Waals surface area contributed by atoms with E-state index in [-0.39, 0.29) is 11.3 Å². The lowest BCUT2D eigenvalue weighted by molar-refractivity contribution is 0.00299. The van der Waals surface area contributed by atoms with Crippen LogP contribution in [0.2, 0.25) is 0 Å². The summed E-state index contributed by atoms with van der Waals surface area (Å²) in [6.45, 7) is 20.5. The number of nitrogens with two attached hydrogens (primary N) is 1. The molecule has 0 aliphatic rings. The van der Waals surface area contributed by atoms with Gasteiger partial charge in [-0.1, -0.05) is 13.8 Å². The molecule has 0 aromatic rings. The zero-order valence-electron chi connectivity index (χ0n) is 20.7. The van der Waals surface area contributed by atoms with Gasteiger partial charge in [-0.2, -0.15) is 0 Å². The molecule has 0 spiro atoms. The van der Waals surface area contributed by atoms with E-state index in [0.717, 1.165) is 12.8 Å². The van der Waals surface area contributed by atoms with Crippen LogP contribution in [0.15, 0.2) is 0 Å². The molecular formula is C20H48N2O6Si2. The van der Waals surface area contributed by atoms with Crippen molar-refractivity contribution in [1.29, 1.82) is 0 Å². The van der Waals surface area contributed by atoms with E-state index < -0.39 is 17.6 Å². The smallest absolute Gasteiger partial charge is 0.373 e. The molecule has 0 rings (SSSR count). The van der Waals surface area contributed by atoms with Gasteiger partial charge < -0.3 is 32.3 Å². The van der Waals surface area contributed by atoms with Crippen molar-refractivity contribution in [2.75, 3.05) is 52.7 Å². The number of rotatable bonds is 20. The zero-order chi connectivity index (χ0) is 23.0. The molecule has 2 atom stereocenters. The first-order valence-electron chi connectivity index (χ1n) is 11.7. The molecule has 2 N–H and O–H groups in total. The van der Waals surface area contributed by atoms with Gasteiger partial charge in [0.05, 0.1) is 11.3 Å². The van der Waals surface area contributed by atoms with Crippen molar-refractivity contribution in [1.82, 2.24) is 4.90 Å². The van der Waals surface area contributed by atoms with Crippen molar-refractivity contribution < 1.29 is 26.6 Å². The van der Waals surface area contributed by atoms with E-state index in [1.807, 2.05) is 41.5 Å². The molecule has 0 saturated heterocycles. The fourth-order valence-electron chi connectivity index (χ4n) is 4.09. The molecule has 10 heteroatoms. The van der Waals surface area contributed by atoms with Crippen molar-refractivity contribution in [3.05, 3.63) is 0 Å². The number of nitrogens with zero attached hydrogens (tertiary/aromatic N) is 1. The zero-order valence-corrected chi connectivity index (χ0v) is 22.7. The summed E-state index contributed by atoms with van der Waals surface area (Å²) in [5.41, 5.74) is 5.95. The van der Waals surface area contributed by atoms with Gasteiger partial charge in [0.15, 0.2) is 0 Å². The van der Waals surface area contributed by atoms with Gasteiger partial charge in [0.25, 0.3) is 0 Å². The highest BCUT2D eigenvalue weighted by Gasteiger charge is 2.58. The minimum Gasteiger partial charge on any atom is -0.373 e. The topological polar surface area (TPSA) is 84.6 Å². The van der Waals surface area contributed by atoms with Gasteiger partial charge in [0.1, 0.15) is 0 Å². The minimum atomic E-state index is -3.03. The second-order valence-corrected chi connectivity index (χ2v) is 12.2. The van der Waals surface area contributed by atoms with Gasteiger partial charge in [0.2, 0.25) is 0 Å². The lowest BCUT2D eigenvalue weighted by Gasteiger charge is -2.47. The van der Waals surface area contributed by atoms with Crippen molar-refractivity contribution in [2.45, 2.75) is 79.6 Å². The van der Waals surface area contributed by atoms with Gasteiger partial charge in [-0.15, -0.1) is 0 Å². The molecule has 0 bridgehead atoms. The van der Waals surface area contributed by atoms with E-state index in [1.165, 1.54) is 0 Å². The summed E-state index contributed by atoms with van der Waals surface area (Å²) in [4.78, 5) is 2.35. The lowest BCUT2D eigenvalue weighted by atomic mass is 10.3. The van der Waals surface area contributed by atoms with E-state index in [4.69, 9.17) is 32.3 Å². The first kappa shape index (κ1) is 30.1. The van der Waals surface area contributed by atoms with Crippen LogP contribution in [0.5, 0.6) is 0 Å². The summed E-state index contributed by atoms with van der Waals surface area (Å²) in [7, 11) is -6.05. The summed E-state index contributed by atoms with van der Waals surface area (Å²) in [5, 5.41) is 0. The molecule has 30 heavy (non-hydrogen) atoms. The molecule has 8 nitrogen and oxygen atoms in total. The van der Waals surface area contributed by atoms with Crippen LogP contribution >= 0.6 is 0 Å². The normalized spacial score (nSPS) is 15.0. The molecule has 0 aromatic heterocycles. The van der Waals surface area contributed by atoms with Gasteiger partial charge in [-0.25, -0.2) is 0 Å². The van der Waals surface area contributed by atoms with Crippen LogP contribution in [0.3, 0.4) is 0 Å². The Bertz CT molecular complexity index is 355. The Morgan fingerprint density at radius 2 is 0.833 bits per heavy atom. The van der Waals surface area contributed by atoms with E-state index in [1.54, 1.807) is 0 Å². The molecule has 0 amide bonds. The fourth-order valence-corrected chi connectivity index (χ4v) is 10.7. The van der Waals surface area contributed by atoms with Gasteiger partial charge in [-0.05, 0) is 54.4 Å². The molecular weight excluding hydrogens is 420 g/mol. The quantitative estimate of drug-likeness (QED) is 0.273. The third-order valence-electron chi connectivity index (χ3n) is 4.85. The van der Waals surface area contributed by atoms with Gasteiger partial charge in [-0.3, -0.25) is 4.90 Å². The molecule has 182 valence electrons. The molecule has 0 radical (unpaired) electrons. The summed E-state index contributed by atoms with van der Waals surface area (Å²) in [5.74, 6) is 0. The molecule has 0 aromatic carbocycles. The second kappa shape index (κ2) is 16.7. The summed E-state index contributed by atoms with van der Waals surface area (Å²) in [6.07, 6.45) is 1.61. The van der Waals surface area contributed by atoms with Crippen molar-refractivity contribution in [2.24, 2.45) is 5.73 Å². The van der Waals surface area contributed by atoms with Crippen molar-refractivity contribution in [3.63, 3.8) is 0 Å². The van der Waals surface area contributed by atoms with Gasteiger partial charge in [0, 0.05) is 52.7 Å². The lowest BCUT2D eigenvalue weighted by Crippen LogP contribution is -2.71. The highest BCUT2D eigenvalue weighted by atomic mass is 28.4. The van der Waals surface area contributed by atoms with Crippen LogP contribution in [-0.4, -0.2) is 86.6 Å². The molecule has 0 saturated carbocycles. The maximum atomic E-state index is 6.28. The highest BCUT2D eigenvalue weighted by molar-refractivity contribution is 6.64. The van der Waals surface area contributed by atoms with Crippen LogP contribution in [0.1, 0.15) is 68.2 Å². The summed E-state index contributed by atoms with van der Waals surface area (Å²) >= 11 is 0. The maximum absolute atomic E-state index is 6.28. The molecule has 0 aliphatic heterocycles. The Morgan fingerprint density at radius 3 is 1.00 bits per heavy atom. The largest absolute Gasteiger partial charge is 0.519 e. The Labute approximate surface area is 187 Å². The van der Waals surface area contributed by atoms with E-state index in [2.05, 4.69) is 18.7 Å². The fraction of sp³-hybridized carbons (Fsp3) is 1.00. The van der Waals surface area contributed by atoms with E-state index >= 15 is 0 Å². The van der Waals surface area contributed by atoms with Crippen LogP contribution < -0.4 is 5.73 Å². The van der Waals surface area contributed by atoms with Crippen molar-refractivity contribution >= 4 is 17.6 Å². The number of hydrogen-bond acceptors (Lipinski definition) is 8. The van der Waals surface area contributed by atoms with E-state index in [9.17, 15) is 0 Å². The predicted molar refractivity (Wildman–Crippen MR) is 125 cm³/mol. The monoisotopic (exact) mass is 468 g/mol.